The normalized spacial score (nSPS) is 12.1. The van der Waals surface area contributed by atoms with Gasteiger partial charge in [0.05, 0.1) is 5.92 Å². The van der Waals surface area contributed by atoms with Crippen molar-refractivity contribution in [1.29, 1.82) is 0 Å². The van der Waals surface area contributed by atoms with Crippen molar-refractivity contribution >= 4 is 5.97 Å². The van der Waals surface area contributed by atoms with Crippen LogP contribution in [-0.2, 0) is 4.79 Å². The molecular formula is C16H16O2. The molecule has 1 atom stereocenters. The molecule has 1 N–H and O–H groups in total. The minimum absolute atomic E-state index is 0.498. The Kier molecular flexibility index (Phi) is 3.47. The van der Waals surface area contributed by atoms with Crippen LogP contribution in [0.15, 0.2) is 48.5 Å². The minimum atomic E-state index is -0.797. The summed E-state index contributed by atoms with van der Waals surface area (Å²) in [5.41, 5.74) is 4.10. The molecule has 2 heteroatoms. The molecular weight excluding hydrogens is 224 g/mol. The Morgan fingerprint density at radius 2 is 1.67 bits per heavy atom. The van der Waals surface area contributed by atoms with Crippen LogP contribution in [0.3, 0.4) is 0 Å². The Hall–Kier alpha value is -2.09. The maximum absolute atomic E-state index is 11.1. The molecule has 0 fully saturated rings. The van der Waals surface area contributed by atoms with Gasteiger partial charge in [0.15, 0.2) is 0 Å². The molecule has 0 saturated heterocycles. The number of carboxylic acid groups (broad SMARTS) is 1. The summed E-state index contributed by atoms with van der Waals surface area (Å²) >= 11 is 0. The first-order valence-electron chi connectivity index (χ1n) is 5.98. The van der Waals surface area contributed by atoms with Crippen molar-refractivity contribution in [3.63, 3.8) is 0 Å². The third-order valence-electron chi connectivity index (χ3n) is 3.16. The van der Waals surface area contributed by atoms with Crippen LogP contribution in [0.25, 0.3) is 11.1 Å². The van der Waals surface area contributed by atoms with Gasteiger partial charge in [0, 0.05) is 0 Å². The highest BCUT2D eigenvalue weighted by Gasteiger charge is 2.17. The van der Waals surface area contributed by atoms with Gasteiger partial charge in [-0.2, -0.15) is 0 Å². The summed E-state index contributed by atoms with van der Waals surface area (Å²) in [5, 5.41) is 9.15. The van der Waals surface area contributed by atoms with Gasteiger partial charge in [-0.05, 0) is 30.5 Å². The zero-order valence-electron chi connectivity index (χ0n) is 10.6. The van der Waals surface area contributed by atoms with E-state index in [2.05, 4.69) is 0 Å². The van der Waals surface area contributed by atoms with Crippen LogP contribution in [0, 0.1) is 6.92 Å². The molecule has 2 nitrogen and oxygen atoms in total. The zero-order chi connectivity index (χ0) is 13.1. The van der Waals surface area contributed by atoms with Crippen molar-refractivity contribution < 1.29 is 9.90 Å². The highest BCUT2D eigenvalue weighted by atomic mass is 16.4. The van der Waals surface area contributed by atoms with E-state index >= 15 is 0 Å². The van der Waals surface area contributed by atoms with E-state index in [1.807, 2.05) is 55.5 Å². The van der Waals surface area contributed by atoms with Crippen molar-refractivity contribution in [2.75, 3.05) is 0 Å². The van der Waals surface area contributed by atoms with Gasteiger partial charge in [-0.15, -0.1) is 0 Å². The first-order chi connectivity index (χ1) is 8.59. The zero-order valence-corrected chi connectivity index (χ0v) is 10.6. The average molecular weight is 240 g/mol. The summed E-state index contributed by atoms with van der Waals surface area (Å²) in [7, 11) is 0. The van der Waals surface area contributed by atoms with Crippen LogP contribution in [0.5, 0.6) is 0 Å². The third kappa shape index (κ3) is 2.43. The predicted molar refractivity (Wildman–Crippen MR) is 72.7 cm³/mol. The summed E-state index contributed by atoms with van der Waals surface area (Å²) < 4.78 is 0. The van der Waals surface area contributed by atoms with Crippen molar-refractivity contribution in [2.45, 2.75) is 19.8 Å². The van der Waals surface area contributed by atoms with E-state index in [1.165, 1.54) is 5.56 Å². The molecule has 2 rings (SSSR count). The summed E-state index contributed by atoms with van der Waals surface area (Å²) in [5.74, 6) is -1.29. The maximum atomic E-state index is 11.1. The van der Waals surface area contributed by atoms with E-state index < -0.39 is 11.9 Å². The lowest BCUT2D eigenvalue weighted by molar-refractivity contribution is -0.138. The fourth-order valence-electron chi connectivity index (χ4n) is 2.00. The predicted octanol–water partition coefficient (Wildman–Crippen LogP) is 3.85. The smallest absolute Gasteiger partial charge is 0.310 e. The van der Waals surface area contributed by atoms with Crippen molar-refractivity contribution in [3.05, 3.63) is 59.7 Å². The van der Waals surface area contributed by atoms with Crippen LogP contribution in [0.1, 0.15) is 24.0 Å². The van der Waals surface area contributed by atoms with Crippen molar-refractivity contribution in [3.8, 4) is 11.1 Å². The monoisotopic (exact) mass is 240 g/mol. The summed E-state index contributed by atoms with van der Waals surface area (Å²) in [6.45, 7) is 3.75. The molecule has 0 heterocycles. The Balaban J connectivity index is 2.51. The summed E-state index contributed by atoms with van der Waals surface area (Å²) in [4.78, 5) is 11.1. The third-order valence-corrected chi connectivity index (χ3v) is 3.16. The number of benzene rings is 2. The van der Waals surface area contributed by atoms with E-state index in [0.29, 0.717) is 0 Å². The molecule has 0 spiro atoms. The molecule has 0 radical (unpaired) electrons. The molecule has 0 aromatic heterocycles. The fraction of sp³-hybridized carbons (Fsp3) is 0.188. The molecule has 1 unspecified atom stereocenters. The Bertz CT molecular complexity index is 556. The largest absolute Gasteiger partial charge is 0.481 e. The van der Waals surface area contributed by atoms with Crippen molar-refractivity contribution in [2.24, 2.45) is 0 Å². The molecule has 0 aliphatic carbocycles. The number of aryl methyl sites for hydroxylation is 1. The van der Waals surface area contributed by atoms with E-state index in [-0.39, 0.29) is 0 Å². The van der Waals surface area contributed by atoms with Gasteiger partial charge in [0.2, 0.25) is 0 Å². The van der Waals surface area contributed by atoms with Crippen LogP contribution in [-0.4, -0.2) is 11.1 Å². The Morgan fingerprint density at radius 1 is 1.06 bits per heavy atom. The van der Waals surface area contributed by atoms with Crippen LogP contribution in [0.2, 0.25) is 0 Å². The molecule has 0 aliphatic heterocycles. The van der Waals surface area contributed by atoms with Crippen LogP contribution >= 0.6 is 0 Å². The van der Waals surface area contributed by atoms with Gasteiger partial charge in [0.25, 0.3) is 0 Å². The van der Waals surface area contributed by atoms with Gasteiger partial charge in [-0.3, -0.25) is 4.79 Å². The minimum Gasteiger partial charge on any atom is -0.481 e. The van der Waals surface area contributed by atoms with Crippen molar-refractivity contribution in [1.82, 2.24) is 0 Å². The quantitative estimate of drug-likeness (QED) is 0.884. The fourth-order valence-corrected chi connectivity index (χ4v) is 2.00. The topological polar surface area (TPSA) is 37.3 Å². The second-order valence-electron chi connectivity index (χ2n) is 4.51. The van der Waals surface area contributed by atoms with E-state index in [9.17, 15) is 4.79 Å². The first-order valence-corrected chi connectivity index (χ1v) is 5.98. The number of hydrogen-bond acceptors (Lipinski definition) is 1. The van der Waals surface area contributed by atoms with Crippen LogP contribution < -0.4 is 0 Å². The highest BCUT2D eigenvalue weighted by molar-refractivity contribution is 5.80. The molecule has 0 saturated carbocycles. The molecule has 0 amide bonds. The number of rotatable bonds is 3. The van der Waals surface area contributed by atoms with Gasteiger partial charge >= 0.3 is 5.97 Å². The van der Waals surface area contributed by atoms with E-state index in [0.717, 1.165) is 16.7 Å². The molecule has 0 bridgehead atoms. The standard InChI is InChI=1S/C16H16O2/c1-11-7-9-13(10-8-11)15-6-4-3-5-14(15)12(2)16(17)18/h3-10,12H,1-2H3,(H,17,18). The Labute approximate surface area is 107 Å². The summed E-state index contributed by atoms with van der Waals surface area (Å²) in [6, 6.07) is 15.8. The molecule has 0 aliphatic rings. The van der Waals surface area contributed by atoms with Gasteiger partial charge in [-0.1, -0.05) is 54.1 Å². The van der Waals surface area contributed by atoms with E-state index in [4.69, 9.17) is 5.11 Å². The summed E-state index contributed by atoms with van der Waals surface area (Å²) in [6.07, 6.45) is 0. The maximum Gasteiger partial charge on any atom is 0.310 e. The van der Waals surface area contributed by atoms with Crippen LogP contribution in [0.4, 0.5) is 0 Å². The number of carbonyl (C=O) groups is 1. The molecule has 2 aromatic carbocycles. The van der Waals surface area contributed by atoms with E-state index in [1.54, 1.807) is 6.92 Å². The number of carboxylic acids is 1. The average Bonchev–Trinajstić information content (AvgIpc) is 2.39. The molecule has 2 aromatic rings. The van der Waals surface area contributed by atoms with Gasteiger partial charge in [-0.25, -0.2) is 0 Å². The lowest BCUT2D eigenvalue weighted by Gasteiger charge is -2.13. The SMILES string of the molecule is Cc1ccc(-c2ccccc2C(C)C(=O)O)cc1. The first kappa shape index (κ1) is 12.4. The number of hydrogen-bond donors (Lipinski definition) is 1. The van der Waals surface area contributed by atoms with Gasteiger partial charge in [0.1, 0.15) is 0 Å². The lowest BCUT2D eigenvalue weighted by atomic mass is 9.91. The second kappa shape index (κ2) is 5.05. The lowest BCUT2D eigenvalue weighted by Crippen LogP contribution is -2.08. The molecule has 92 valence electrons. The highest BCUT2D eigenvalue weighted by Crippen LogP contribution is 2.29. The number of aliphatic carboxylic acids is 1. The second-order valence-corrected chi connectivity index (χ2v) is 4.51. The van der Waals surface area contributed by atoms with Gasteiger partial charge < -0.3 is 5.11 Å². The Morgan fingerprint density at radius 3 is 2.28 bits per heavy atom. The molecule has 18 heavy (non-hydrogen) atoms.